The molecule has 0 fully saturated rings. The Morgan fingerprint density at radius 3 is 1.36 bits per heavy atom. The quantitative estimate of drug-likeness (QED) is 0.268. The first-order valence-electron chi connectivity index (χ1n) is 9.46. The molecule has 4 aromatic carbocycles. The highest BCUT2D eigenvalue weighted by Crippen LogP contribution is 2.27. The van der Waals surface area contributed by atoms with Gasteiger partial charge in [0.15, 0.2) is 0 Å². The maximum absolute atomic E-state index is 12.5. The molecule has 140 valence electrons. The van der Waals surface area contributed by atoms with Gasteiger partial charge in [0.25, 0.3) is 0 Å². The van der Waals surface area contributed by atoms with Gasteiger partial charge in [-0.1, -0.05) is 92.5 Å². The highest BCUT2D eigenvalue weighted by Gasteiger charge is 2.09. The van der Waals surface area contributed by atoms with E-state index in [4.69, 9.17) is 0 Å². The van der Waals surface area contributed by atoms with Gasteiger partial charge in [-0.2, -0.15) is 0 Å². The zero-order chi connectivity index (χ0) is 19.5. The Kier molecular flexibility index (Phi) is 5.93. The van der Waals surface area contributed by atoms with Crippen molar-refractivity contribution in [3.63, 3.8) is 0 Å². The lowest BCUT2D eigenvalue weighted by Crippen LogP contribution is -2.03. The molecule has 0 amide bonds. The largest absolute Gasteiger partial charge is 0.300 e. The first kappa shape index (κ1) is 19.4. The number of aryl methyl sites for hydroxylation is 2. The molecule has 28 heavy (non-hydrogen) atoms. The second kappa shape index (κ2) is 8.59. The lowest BCUT2D eigenvalue weighted by atomic mass is 9.99. The molecule has 4 aromatic rings. The zero-order valence-electron chi connectivity index (χ0n) is 15.4. The molecule has 0 saturated carbocycles. The lowest BCUT2D eigenvalue weighted by molar-refractivity contribution is -0.119. The molecular formula is C25H20Br2O. The molecule has 0 saturated heterocycles. The van der Waals surface area contributed by atoms with Crippen molar-refractivity contribution < 1.29 is 4.79 Å². The Morgan fingerprint density at radius 1 is 0.607 bits per heavy atom. The van der Waals surface area contributed by atoms with Gasteiger partial charge >= 0.3 is 0 Å². The Labute approximate surface area is 182 Å². The Bertz CT molecular complexity index is 1070. The number of halogens is 2. The van der Waals surface area contributed by atoms with Crippen LogP contribution in [0.4, 0.5) is 0 Å². The minimum atomic E-state index is 0.306. The number of carbonyl (C=O) groups excluding carboxylic acids is 1. The van der Waals surface area contributed by atoms with Gasteiger partial charge in [0.2, 0.25) is 0 Å². The van der Waals surface area contributed by atoms with E-state index in [0.29, 0.717) is 18.6 Å². The van der Waals surface area contributed by atoms with Crippen LogP contribution in [0.2, 0.25) is 0 Å². The summed E-state index contributed by atoms with van der Waals surface area (Å²) in [6.07, 6.45) is 2.68. The molecular weight excluding hydrogens is 476 g/mol. The third-order valence-electron chi connectivity index (χ3n) is 5.18. The topological polar surface area (TPSA) is 17.1 Å². The van der Waals surface area contributed by atoms with Crippen LogP contribution >= 0.6 is 31.9 Å². The summed E-state index contributed by atoms with van der Waals surface area (Å²) in [5.74, 6) is 0.306. The van der Waals surface area contributed by atoms with E-state index >= 15 is 0 Å². The Morgan fingerprint density at radius 2 is 0.964 bits per heavy atom. The van der Waals surface area contributed by atoms with E-state index in [9.17, 15) is 4.79 Å². The third-order valence-corrected chi connectivity index (χ3v) is 6.65. The average Bonchev–Trinajstić information content (AvgIpc) is 2.70. The second-order valence-corrected chi connectivity index (χ2v) is 8.83. The highest BCUT2D eigenvalue weighted by molar-refractivity contribution is 9.10. The van der Waals surface area contributed by atoms with Gasteiger partial charge in [-0.25, -0.2) is 0 Å². The lowest BCUT2D eigenvalue weighted by Gasteiger charge is -2.09. The number of hydrogen-bond donors (Lipinski definition) is 0. The van der Waals surface area contributed by atoms with Crippen molar-refractivity contribution in [2.75, 3.05) is 0 Å². The summed E-state index contributed by atoms with van der Waals surface area (Å²) in [5, 5.41) is 4.86. The Balaban J connectivity index is 1.40. The monoisotopic (exact) mass is 494 g/mol. The molecule has 0 aliphatic rings. The summed E-state index contributed by atoms with van der Waals surface area (Å²) < 4.78 is 2.16. The predicted molar refractivity (Wildman–Crippen MR) is 125 cm³/mol. The van der Waals surface area contributed by atoms with Crippen molar-refractivity contribution in [2.24, 2.45) is 0 Å². The van der Waals surface area contributed by atoms with E-state index in [1.807, 2.05) is 24.3 Å². The van der Waals surface area contributed by atoms with Crippen LogP contribution in [0.25, 0.3) is 21.5 Å². The van der Waals surface area contributed by atoms with Gasteiger partial charge in [-0.05, 0) is 57.6 Å². The van der Waals surface area contributed by atoms with Gasteiger partial charge in [0.05, 0.1) is 0 Å². The maximum atomic E-state index is 12.5. The van der Waals surface area contributed by atoms with E-state index in [2.05, 4.69) is 80.4 Å². The van der Waals surface area contributed by atoms with E-state index < -0.39 is 0 Å². The summed E-state index contributed by atoms with van der Waals surface area (Å²) in [6.45, 7) is 0. The molecule has 0 atom stereocenters. The van der Waals surface area contributed by atoms with Gasteiger partial charge in [0.1, 0.15) is 5.78 Å². The summed E-state index contributed by atoms with van der Waals surface area (Å²) in [7, 11) is 0. The molecule has 1 nitrogen and oxygen atoms in total. The number of fused-ring (bicyclic) bond motifs is 2. The number of hydrogen-bond acceptors (Lipinski definition) is 1. The van der Waals surface area contributed by atoms with Crippen LogP contribution in [0.3, 0.4) is 0 Å². The molecule has 0 bridgehead atoms. The smallest absolute Gasteiger partial charge is 0.133 e. The van der Waals surface area contributed by atoms with E-state index in [-0.39, 0.29) is 0 Å². The number of carbonyl (C=O) groups is 1. The predicted octanol–water partition coefficient (Wildman–Crippen LogP) is 7.65. The van der Waals surface area contributed by atoms with Crippen LogP contribution in [0, 0.1) is 0 Å². The molecule has 3 heteroatoms. The Hall–Kier alpha value is -1.97. The zero-order valence-corrected chi connectivity index (χ0v) is 18.6. The van der Waals surface area contributed by atoms with Crippen molar-refractivity contribution in [2.45, 2.75) is 25.7 Å². The van der Waals surface area contributed by atoms with Crippen molar-refractivity contribution in [3.05, 3.63) is 92.9 Å². The van der Waals surface area contributed by atoms with Gasteiger partial charge < -0.3 is 0 Å². The van der Waals surface area contributed by atoms with E-state index in [0.717, 1.165) is 21.8 Å². The molecule has 0 N–H and O–H groups in total. The van der Waals surface area contributed by atoms with Gasteiger partial charge in [-0.3, -0.25) is 4.79 Å². The van der Waals surface area contributed by atoms with Crippen LogP contribution in [0.15, 0.2) is 81.7 Å². The maximum Gasteiger partial charge on any atom is 0.133 e. The molecule has 0 heterocycles. The minimum absolute atomic E-state index is 0.306. The molecule has 0 aliphatic heterocycles. The first-order chi connectivity index (χ1) is 13.6. The molecule has 4 rings (SSSR count). The minimum Gasteiger partial charge on any atom is -0.300 e. The molecule has 0 aromatic heterocycles. The van der Waals surface area contributed by atoms with Crippen LogP contribution in [0.1, 0.15) is 24.0 Å². The fourth-order valence-electron chi connectivity index (χ4n) is 3.58. The van der Waals surface area contributed by atoms with E-state index in [1.165, 1.54) is 32.7 Å². The standard InChI is InChI=1S/C25H20Br2O/c26-24-15-19-7-3-1-5-17(19)13-21(24)9-11-23(28)12-10-22-14-18-6-2-4-8-20(18)16-25(22)27/h1-8,13-16H,9-12H2. The number of ketones is 1. The van der Waals surface area contributed by atoms with Crippen LogP contribution in [0.5, 0.6) is 0 Å². The SMILES string of the molecule is O=C(CCc1cc2ccccc2cc1Br)CCc1cc2ccccc2cc1Br. The number of benzene rings is 4. The fourth-order valence-corrected chi connectivity index (χ4v) is 4.69. The normalized spacial score (nSPS) is 11.2. The van der Waals surface area contributed by atoms with Crippen molar-refractivity contribution in [3.8, 4) is 0 Å². The van der Waals surface area contributed by atoms with E-state index in [1.54, 1.807) is 0 Å². The van der Waals surface area contributed by atoms with Crippen LogP contribution < -0.4 is 0 Å². The third kappa shape index (κ3) is 4.37. The first-order valence-corrected chi connectivity index (χ1v) is 11.0. The fraction of sp³-hybridized carbons (Fsp3) is 0.160. The molecule has 0 radical (unpaired) electrons. The molecule has 0 spiro atoms. The second-order valence-electron chi connectivity index (χ2n) is 7.12. The van der Waals surface area contributed by atoms with Gasteiger partial charge in [-0.15, -0.1) is 0 Å². The highest BCUT2D eigenvalue weighted by atomic mass is 79.9. The average molecular weight is 496 g/mol. The number of rotatable bonds is 6. The summed E-state index contributed by atoms with van der Waals surface area (Å²) in [4.78, 5) is 12.5. The summed E-state index contributed by atoms with van der Waals surface area (Å²) in [6, 6.07) is 25.3. The van der Waals surface area contributed by atoms with Crippen molar-refractivity contribution in [1.82, 2.24) is 0 Å². The number of Topliss-reactive ketones (excluding diaryl/α,β-unsaturated/α-hetero) is 1. The van der Waals surface area contributed by atoms with Crippen LogP contribution in [-0.2, 0) is 17.6 Å². The molecule has 0 unspecified atom stereocenters. The van der Waals surface area contributed by atoms with Crippen molar-refractivity contribution in [1.29, 1.82) is 0 Å². The summed E-state index contributed by atoms with van der Waals surface area (Å²) in [5.41, 5.74) is 2.39. The van der Waals surface area contributed by atoms with Gasteiger partial charge in [0, 0.05) is 21.8 Å². The van der Waals surface area contributed by atoms with Crippen molar-refractivity contribution >= 4 is 59.2 Å². The summed E-state index contributed by atoms with van der Waals surface area (Å²) >= 11 is 7.32. The van der Waals surface area contributed by atoms with Crippen LogP contribution in [-0.4, -0.2) is 5.78 Å². The molecule has 0 aliphatic carbocycles.